The number of aryl methyl sites for hydroxylation is 1. The highest BCUT2D eigenvalue weighted by molar-refractivity contribution is 6.20. The quantitative estimate of drug-likeness (QED) is 0.366. The Labute approximate surface area is 140 Å². The minimum absolute atomic E-state index is 1.20. The van der Waals surface area contributed by atoms with Crippen LogP contribution in [0.15, 0.2) is 78.9 Å². The summed E-state index contributed by atoms with van der Waals surface area (Å²) in [4.78, 5) is 3.60. The lowest BCUT2D eigenvalue weighted by atomic mass is 9.98. The van der Waals surface area contributed by atoms with Crippen molar-refractivity contribution >= 4 is 32.6 Å². The van der Waals surface area contributed by atoms with E-state index >= 15 is 0 Å². The third-order valence-corrected chi connectivity index (χ3v) is 4.94. The van der Waals surface area contributed by atoms with Gasteiger partial charge in [-0.15, -0.1) is 0 Å². The summed E-state index contributed by atoms with van der Waals surface area (Å²) in [6.07, 6.45) is 0. The molecular weight excluding hydrogens is 290 g/mol. The smallest absolute Gasteiger partial charge is 0.0471 e. The molecule has 4 aromatic carbocycles. The van der Waals surface area contributed by atoms with Crippen molar-refractivity contribution in [1.29, 1.82) is 0 Å². The Morgan fingerprint density at radius 3 is 2.42 bits per heavy atom. The van der Waals surface area contributed by atoms with Crippen molar-refractivity contribution in [3.8, 4) is 11.1 Å². The molecule has 5 aromatic rings. The Morgan fingerprint density at radius 1 is 0.667 bits per heavy atom. The highest BCUT2D eigenvalue weighted by atomic mass is 14.7. The maximum absolute atomic E-state index is 3.60. The van der Waals surface area contributed by atoms with Gasteiger partial charge in [0.15, 0.2) is 0 Å². The number of fused-ring (bicyclic) bond motifs is 5. The Morgan fingerprint density at radius 2 is 1.50 bits per heavy atom. The molecule has 0 saturated heterocycles. The van der Waals surface area contributed by atoms with Crippen LogP contribution in [0.4, 0.5) is 0 Å². The molecule has 0 fully saturated rings. The summed E-state index contributed by atoms with van der Waals surface area (Å²) in [7, 11) is 0. The summed E-state index contributed by atoms with van der Waals surface area (Å²) in [5.74, 6) is 0. The van der Waals surface area contributed by atoms with Crippen molar-refractivity contribution in [2.45, 2.75) is 6.92 Å². The van der Waals surface area contributed by atoms with E-state index in [1.807, 2.05) is 0 Å². The van der Waals surface area contributed by atoms with E-state index in [-0.39, 0.29) is 0 Å². The first-order chi connectivity index (χ1) is 11.8. The largest absolute Gasteiger partial charge is 0.354 e. The van der Waals surface area contributed by atoms with Gasteiger partial charge in [0.2, 0.25) is 0 Å². The average Bonchev–Trinajstić information content (AvgIpc) is 3.00. The zero-order valence-electron chi connectivity index (χ0n) is 13.5. The maximum Gasteiger partial charge on any atom is 0.0471 e. The van der Waals surface area contributed by atoms with Crippen LogP contribution in [0.3, 0.4) is 0 Å². The van der Waals surface area contributed by atoms with E-state index in [0.717, 1.165) is 0 Å². The van der Waals surface area contributed by atoms with Gasteiger partial charge in [-0.2, -0.15) is 0 Å². The molecule has 114 valence electrons. The molecule has 1 heterocycles. The second-order valence-electron chi connectivity index (χ2n) is 6.41. The van der Waals surface area contributed by atoms with Gasteiger partial charge < -0.3 is 4.98 Å². The second-order valence-corrected chi connectivity index (χ2v) is 6.41. The Kier molecular flexibility index (Phi) is 2.77. The zero-order chi connectivity index (χ0) is 16.1. The first-order valence-electron chi connectivity index (χ1n) is 8.30. The fourth-order valence-corrected chi connectivity index (χ4v) is 3.74. The van der Waals surface area contributed by atoms with Crippen molar-refractivity contribution in [3.05, 3.63) is 84.4 Å². The van der Waals surface area contributed by atoms with Crippen molar-refractivity contribution in [2.24, 2.45) is 0 Å². The van der Waals surface area contributed by atoms with E-state index < -0.39 is 0 Å². The van der Waals surface area contributed by atoms with Crippen LogP contribution in [0.2, 0.25) is 0 Å². The standard InChI is InChI=1S/C23H17N/c1-15-6-2-4-8-18(15)17-10-12-20-22(14-17)24-21-13-11-16-7-3-5-9-19(16)23(20)21/h2-14,24H,1H3. The third kappa shape index (κ3) is 1.88. The molecule has 5 rings (SSSR count). The van der Waals surface area contributed by atoms with Crippen LogP contribution in [0.1, 0.15) is 5.56 Å². The van der Waals surface area contributed by atoms with Crippen LogP contribution < -0.4 is 0 Å². The van der Waals surface area contributed by atoms with Crippen molar-refractivity contribution in [3.63, 3.8) is 0 Å². The SMILES string of the molecule is Cc1ccccc1-c1ccc2c(c1)[nH]c1ccc3ccccc3c12. The lowest BCUT2D eigenvalue weighted by Gasteiger charge is -2.06. The number of H-pyrrole nitrogens is 1. The van der Waals surface area contributed by atoms with Crippen LogP contribution in [-0.2, 0) is 0 Å². The molecule has 1 N–H and O–H groups in total. The van der Waals surface area contributed by atoms with Crippen LogP contribution in [0.25, 0.3) is 43.7 Å². The van der Waals surface area contributed by atoms with Crippen LogP contribution in [-0.4, -0.2) is 4.98 Å². The molecule has 0 bridgehead atoms. The number of hydrogen-bond donors (Lipinski definition) is 1. The summed E-state index contributed by atoms with van der Waals surface area (Å²) in [5, 5.41) is 5.21. The number of nitrogens with one attached hydrogen (secondary N) is 1. The topological polar surface area (TPSA) is 15.8 Å². The van der Waals surface area contributed by atoms with Gasteiger partial charge >= 0.3 is 0 Å². The predicted molar refractivity (Wildman–Crippen MR) is 103 cm³/mol. The average molecular weight is 307 g/mol. The van der Waals surface area contributed by atoms with Crippen molar-refractivity contribution < 1.29 is 0 Å². The molecule has 24 heavy (non-hydrogen) atoms. The number of benzene rings is 4. The molecular formula is C23H17N. The Bertz CT molecular complexity index is 1210. The van der Waals surface area contributed by atoms with Gasteiger partial charge in [-0.25, -0.2) is 0 Å². The van der Waals surface area contributed by atoms with Crippen LogP contribution in [0.5, 0.6) is 0 Å². The third-order valence-electron chi connectivity index (χ3n) is 4.94. The molecule has 0 aliphatic rings. The van der Waals surface area contributed by atoms with Gasteiger partial charge in [0.1, 0.15) is 0 Å². The minimum atomic E-state index is 1.20. The molecule has 0 saturated carbocycles. The Hall–Kier alpha value is -3.06. The van der Waals surface area contributed by atoms with E-state index in [1.165, 1.54) is 49.3 Å². The van der Waals surface area contributed by atoms with Gasteiger partial charge in [0.25, 0.3) is 0 Å². The first kappa shape index (κ1) is 13.4. The lowest BCUT2D eigenvalue weighted by Crippen LogP contribution is -1.82. The van der Waals surface area contributed by atoms with E-state index in [0.29, 0.717) is 0 Å². The normalized spacial score (nSPS) is 11.5. The highest BCUT2D eigenvalue weighted by Crippen LogP contribution is 2.34. The molecule has 0 aliphatic carbocycles. The van der Waals surface area contributed by atoms with Gasteiger partial charge in [-0.05, 0) is 46.5 Å². The minimum Gasteiger partial charge on any atom is -0.354 e. The summed E-state index contributed by atoms with van der Waals surface area (Å²) in [6.45, 7) is 2.16. The van der Waals surface area contributed by atoms with E-state index in [1.54, 1.807) is 0 Å². The van der Waals surface area contributed by atoms with Crippen molar-refractivity contribution in [2.75, 3.05) is 0 Å². The summed E-state index contributed by atoms with van der Waals surface area (Å²) < 4.78 is 0. The predicted octanol–water partition coefficient (Wildman–Crippen LogP) is 6.45. The fraction of sp³-hybridized carbons (Fsp3) is 0.0435. The molecule has 0 unspecified atom stereocenters. The maximum atomic E-state index is 3.60. The van der Waals surface area contributed by atoms with Gasteiger partial charge in [0.05, 0.1) is 0 Å². The second kappa shape index (κ2) is 4.97. The molecule has 0 amide bonds. The summed E-state index contributed by atoms with van der Waals surface area (Å²) in [5.41, 5.74) is 6.26. The number of hydrogen-bond acceptors (Lipinski definition) is 0. The van der Waals surface area contributed by atoms with E-state index in [9.17, 15) is 0 Å². The molecule has 1 nitrogen and oxygen atoms in total. The molecule has 0 radical (unpaired) electrons. The zero-order valence-corrected chi connectivity index (χ0v) is 13.5. The monoisotopic (exact) mass is 307 g/mol. The van der Waals surface area contributed by atoms with Crippen molar-refractivity contribution in [1.82, 2.24) is 4.98 Å². The molecule has 0 atom stereocenters. The molecule has 1 heteroatoms. The fourth-order valence-electron chi connectivity index (χ4n) is 3.74. The summed E-state index contributed by atoms with van der Waals surface area (Å²) >= 11 is 0. The van der Waals surface area contributed by atoms with Gasteiger partial charge in [-0.1, -0.05) is 66.7 Å². The van der Waals surface area contributed by atoms with E-state index in [4.69, 9.17) is 0 Å². The van der Waals surface area contributed by atoms with Crippen LogP contribution in [0, 0.1) is 6.92 Å². The van der Waals surface area contributed by atoms with Gasteiger partial charge in [-0.3, -0.25) is 0 Å². The summed E-state index contributed by atoms with van der Waals surface area (Å²) in [6, 6.07) is 28.3. The molecule has 1 aromatic heterocycles. The molecule has 0 aliphatic heterocycles. The number of aromatic nitrogens is 1. The van der Waals surface area contributed by atoms with Crippen LogP contribution >= 0.6 is 0 Å². The first-order valence-corrected chi connectivity index (χ1v) is 8.30. The lowest BCUT2D eigenvalue weighted by molar-refractivity contribution is 1.46. The van der Waals surface area contributed by atoms with E-state index in [2.05, 4.69) is 90.8 Å². The number of rotatable bonds is 1. The molecule has 0 spiro atoms. The number of aromatic amines is 1. The van der Waals surface area contributed by atoms with Gasteiger partial charge in [0, 0.05) is 21.8 Å². The highest BCUT2D eigenvalue weighted by Gasteiger charge is 2.09. The Balaban J connectivity index is 1.84.